The molecule has 1 aromatic rings. The summed E-state index contributed by atoms with van der Waals surface area (Å²) in [6.45, 7) is 3.64. The minimum Gasteiger partial charge on any atom is -0.466 e. The van der Waals surface area contributed by atoms with Crippen molar-refractivity contribution in [3.8, 4) is 0 Å². The summed E-state index contributed by atoms with van der Waals surface area (Å²) in [6, 6.07) is 8.56. The third-order valence-electron chi connectivity index (χ3n) is 4.08. The molecule has 1 fully saturated rings. The molecule has 0 aliphatic carbocycles. The molecule has 1 aliphatic rings. The van der Waals surface area contributed by atoms with Crippen LogP contribution in [0.2, 0.25) is 0 Å². The van der Waals surface area contributed by atoms with Gasteiger partial charge in [-0.3, -0.25) is 14.4 Å². The second-order valence-electron chi connectivity index (χ2n) is 6.20. The highest BCUT2D eigenvalue weighted by Crippen LogP contribution is 2.26. The Kier molecular flexibility index (Phi) is 7.64. The summed E-state index contributed by atoms with van der Waals surface area (Å²) >= 11 is 0. The molecule has 2 rings (SSSR count). The van der Waals surface area contributed by atoms with Gasteiger partial charge in [0, 0.05) is 25.7 Å². The van der Waals surface area contributed by atoms with E-state index in [2.05, 4.69) is 11.3 Å². The number of methoxy groups -OCH3 is 1. The second-order valence-corrected chi connectivity index (χ2v) is 6.20. The fourth-order valence-electron chi connectivity index (χ4n) is 2.58. The van der Waals surface area contributed by atoms with Gasteiger partial charge in [-0.25, -0.2) is 9.59 Å². The Hall–Kier alpha value is -3.49. The van der Waals surface area contributed by atoms with Gasteiger partial charge in [-0.1, -0.05) is 36.9 Å². The summed E-state index contributed by atoms with van der Waals surface area (Å²) < 4.78 is 10.00. The Bertz CT molecular complexity index is 801. The van der Waals surface area contributed by atoms with Crippen LogP contribution < -0.4 is 0 Å². The predicted octanol–water partition coefficient (Wildman–Crippen LogP) is 1.78. The Morgan fingerprint density at radius 3 is 2.21 bits per heavy atom. The SMILES string of the molecule is C=C(C(=O)OC)C(OC(=O)CCCC(=O)ON1C(=O)CCC1=O)c1ccccc1. The standard InChI is InChI=1S/C20H21NO8/c1-13(20(26)27-2)19(14-7-4-3-5-8-14)28-17(24)9-6-10-18(25)29-21-15(22)11-12-16(21)23/h3-5,7-8,19H,1,6,9-12H2,2H3. The van der Waals surface area contributed by atoms with E-state index in [9.17, 15) is 24.0 Å². The van der Waals surface area contributed by atoms with Crippen molar-refractivity contribution in [1.82, 2.24) is 5.06 Å². The van der Waals surface area contributed by atoms with Crippen molar-refractivity contribution in [2.45, 2.75) is 38.2 Å². The summed E-state index contributed by atoms with van der Waals surface area (Å²) in [7, 11) is 1.19. The number of amides is 2. The highest BCUT2D eigenvalue weighted by Gasteiger charge is 2.32. The quantitative estimate of drug-likeness (QED) is 0.348. The van der Waals surface area contributed by atoms with Crippen LogP contribution in [-0.2, 0) is 38.3 Å². The van der Waals surface area contributed by atoms with E-state index in [4.69, 9.17) is 9.57 Å². The number of hydrogen-bond acceptors (Lipinski definition) is 8. The molecule has 0 spiro atoms. The van der Waals surface area contributed by atoms with E-state index in [1.165, 1.54) is 7.11 Å². The highest BCUT2D eigenvalue weighted by atomic mass is 16.7. The Balaban J connectivity index is 1.87. The number of nitrogens with zero attached hydrogens (tertiary/aromatic N) is 1. The van der Waals surface area contributed by atoms with Crippen LogP contribution in [0.15, 0.2) is 42.5 Å². The van der Waals surface area contributed by atoms with Gasteiger partial charge < -0.3 is 14.3 Å². The van der Waals surface area contributed by atoms with E-state index in [0.29, 0.717) is 10.6 Å². The summed E-state index contributed by atoms with van der Waals surface area (Å²) in [6.07, 6.45) is -1.29. The first-order chi connectivity index (χ1) is 13.8. The van der Waals surface area contributed by atoms with Crippen LogP contribution in [0.4, 0.5) is 0 Å². The first kappa shape index (κ1) is 21.8. The number of carbonyl (C=O) groups excluding carboxylic acids is 5. The van der Waals surface area contributed by atoms with Gasteiger partial charge in [0.05, 0.1) is 12.7 Å². The molecule has 9 nitrogen and oxygen atoms in total. The number of ether oxygens (including phenoxy) is 2. The molecule has 0 bridgehead atoms. The minimum atomic E-state index is -1.03. The van der Waals surface area contributed by atoms with Crippen LogP contribution in [0.3, 0.4) is 0 Å². The van der Waals surface area contributed by atoms with E-state index >= 15 is 0 Å². The van der Waals surface area contributed by atoms with Gasteiger partial charge in [0.2, 0.25) is 0 Å². The number of carbonyl (C=O) groups is 5. The van der Waals surface area contributed by atoms with Gasteiger partial charge in [-0.15, -0.1) is 5.06 Å². The van der Waals surface area contributed by atoms with Gasteiger partial charge in [0.25, 0.3) is 11.8 Å². The molecule has 1 heterocycles. The van der Waals surface area contributed by atoms with Gasteiger partial charge >= 0.3 is 17.9 Å². The molecule has 29 heavy (non-hydrogen) atoms. The number of rotatable bonds is 9. The number of benzene rings is 1. The molecular weight excluding hydrogens is 382 g/mol. The van der Waals surface area contributed by atoms with Crippen molar-refractivity contribution < 1.29 is 38.3 Å². The van der Waals surface area contributed by atoms with Crippen molar-refractivity contribution in [3.05, 3.63) is 48.0 Å². The van der Waals surface area contributed by atoms with Gasteiger partial charge in [0.15, 0.2) is 6.10 Å². The van der Waals surface area contributed by atoms with Crippen LogP contribution in [-0.4, -0.2) is 41.9 Å². The van der Waals surface area contributed by atoms with Crippen LogP contribution in [0.25, 0.3) is 0 Å². The average Bonchev–Trinajstić information content (AvgIpc) is 3.03. The van der Waals surface area contributed by atoms with Gasteiger partial charge in [-0.2, -0.15) is 0 Å². The maximum atomic E-state index is 12.2. The van der Waals surface area contributed by atoms with Crippen molar-refractivity contribution in [3.63, 3.8) is 0 Å². The van der Waals surface area contributed by atoms with Crippen molar-refractivity contribution in [1.29, 1.82) is 0 Å². The molecule has 0 saturated carbocycles. The lowest BCUT2D eigenvalue weighted by Gasteiger charge is -2.19. The van der Waals surface area contributed by atoms with Crippen molar-refractivity contribution in [2.24, 2.45) is 0 Å². The summed E-state index contributed by atoms with van der Waals surface area (Å²) in [4.78, 5) is 63.3. The molecule has 0 aromatic heterocycles. The van der Waals surface area contributed by atoms with E-state index < -0.39 is 35.8 Å². The largest absolute Gasteiger partial charge is 0.466 e. The molecule has 1 unspecified atom stereocenters. The second kappa shape index (κ2) is 10.2. The fourth-order valence-corrected chi connectivity index (χ4v) is 2.58. The molecule has 1 aromatic carbocycles. The molecule has 1 saturated heterocycles. The number of hydroxylamine groups is 2. The molecule has 1 aliphatic heterocycles. The number of imide groups is 1. The molecule has 0 N–H and O–H groups in total. The van der Waals surface area contributed by atoms with Gasteiger partial charge in [-0.05, 0) is 12.0 Å². The predicted molar refractivity (Wildman–Crippen MR) is 97.5 cm³/mol. The topological polar surface area (TPSA) is 116 Å². The first-order valence-electron chi connectivity index (χ1n) is 8.91. The number of esters is 2. The van der Waals surface area contributed by atoms with Crippen molar-refractivity contribution >= 4 is 29.7 Å². The third-order valence-corrected chi connectivity index (χ3v) is 4.08. The van der Waals surface area contributed by atoms with E-state index in [1.807, 2.05) is 0 Å². The minimum absolute atomic E-state index is 0.00337. The molecule has 9 heteroatoms. The van der Waals surface area contributed by atoms with E-state index in [1.54, 1.807) is 30.3 Å². The van der Waals surface area contributed by atoms with E-state index in [0.717, 1.165) is 0 Å². The lowest BCUT2D eigenvalue weighted by Crippen LogP contribution is -2.32. The molecule has 0 radical (unpaired) electrons. The fraction of sp³-hybridized carbons (Fsp3) is 0.350. The number of hydrogen-bond donors (Lipinski definition) is 0. The molecule has 154 valence electrons. The smallest absolute Gasteiger partial charge is 0.337 e. The van der Waals surface area contributed by atoms with E-state index in [-0.39, 0.29) is 37.7 Å². The van der Waals surface area contributed by atoms with Crippen LogP contribution in [0.5, 0.6) is 0 Å². The summed E-state index contributed by atoms with van der Waals surface area (Å²) in [5.74, 6) is -3.33. The molecular formula is C20H21NO8. The zero-order valence-electron chi connectivity index (χ0n) is 15.9. The maximum Gasteiger partial charge on any atom is 0.337 e. The first-order valence-corrected chi connectivity index (χ1v) is 8.91. The maximum absolute atomic E-state index is 12.2. The summed E-state index contributed by atoms with van der Waals surface area (Å²) in [5.41, 5.74) is 0.499. The zero-order valence-corrected chi connectivity index (χ0v) is 15.9. The third kappa shape index (κ3) is 6.00. The summed E-state index contributed by atoms with van der Waals surface area (Å²) in [5, 5.41) is 0.451. The Labute approximate surface area is 167 Å². The van der Waals surface area contributed by atoms with Crippen LogP contribution in [0, 0.1) is 0 Å². The normalized spacial score (nSPS) is 14.3. The Morgan fingerprint density at radius 1 is 1.03 bits per heavy atom. The highest BCUT2D eigenvalue weighted by molar-refractivity contribution is 6.01. The van der Waals surface area contributed by atoms with Gasteiger partial charge in [0.1, 0.15) is 0 Å². The zero-order chi connectivity index (χ0) is 21.4. The Morgan fingerprint density at radius 2 is 1.62 bits per heavy atom. The van der Waals surface area contributed by atoms with Crippen molar-refractivity contribution in [2.75, 3.05) is 7.11 Å². The van der Waals surface area contributed by atoms with Crippen LogP contribution in [0.1, 0.15) is 43.8 Å². The molecule has 2 amide bonds. The average molecular weight is 403 g/mol. The van der Waals surface area contributed by atoms with Crippen LogP contribution >= 0.6 is 0 Å². The lowest BCUT2D eigenvalue weighted by molar-refractivity contribution is -0.197. The monoisotopic (exact) mass is 403 g/mol. The lowest BCUT2D eigenvalue weighted by atomic mass is 10.0. The molecule has 1 atom stereocenters.